The average molecular weight is 441 g/mol. The fourth-order valence-corrected chi connectivity index (χ4v) is 4.03. The number of ether oxygens (including phenoxy) is 1. The van der Waals surface area contributed by atoms with Gasteiger partial charge in [0, 0.05) is 12.6 Å². The number of benzene rings is 1. The minimum atomic E-state index is -4.62. The number of hydrogen-bond acceptors (Lipinski definition) is 7. The van der Waals surface area contributed by atoms with E-state index in [0.717, 1.165) is 19.2 Å². The third kappa shape index (κ3) is 8.04. The molecule has 0 saturated carbocycles. The van der Waals surface area contributed by atoms with Crippen molar-refractivity contribution in [3.05, 3.63) is 17.7 Å². The molecule has 0 saturated heterocycles. The van der Waals surface area contributed by atoms with Gasteiger partial charge in [0.1, 0.15) is 18.6 Å². The second-order valence-corrected chi connectivity index (χ2v) is 8.14. The standard InChI is InChI=1S/C18H31F3N3O4P/c1-5-24(6-2)9-10-26-17-12-16(15(22)11-14(17)18(19,20)21)23-13-29(25,27-7-3)28-8-4/h11-12,23H,5-10,13,22H2,1-4H3. The highest BCUT2D eigenvalue weighted by molar-refractivity contribution is 7.53. The third-order valence-corrected chi connectivity index (χ3v) is 5.98. The van der Waals surface area contributed by atoms with E-state index in [1.54, 1.807) is 13.8 Å². The first-order valence-electron chi connectivity index (χ1n) is 9.58. The molecule has 0 radical (unpaired) electrons. The lowest BCUT2D eigenvalue weighted by molar-refractivity contribution is -0.138. The highest BCUT2D eigenvalue weighted by Crippen LogP contribution is 2.48. The molecule has 0 aromatic heterocycles. The summed E-state index contributed by atoms with van der Waals surface area (Å²) in [5.41, 5.74) is 4.84. The average Bonchev–Trinajstić information content (AvgIpc) is 2.64. The topological polar surface area (TPSA) is 86.1 Å². The van der Waals surface area contributed by atoms with E-state index in [4.69, 9.17) is 19.5 Å². The second kappa shape index (κ2) is 11.6. The number of hydrogen-bond donors (Lipinski definition) is 2. The molecule has 0 aliphatic carbocycles. The highest BCUT2D eigenvalue weighted by Gasteiger charge is 2.35. The van der Waals surface area contributed by atoms with Crippen LogP contribution < -0.4 is 15.8 Å². The van der Waals surface area contributed by atoms with E-state index in [-0.39, 0.29) is 43.2 Å². The fraction of sp³-hybridized carbons (Fsp3) is 0.667. The van der Waals surface area contributed by atoms with E-state index >= 15 is 0 Å². The van der Waals surface area contributed by atoms with Gasteiger partial charge >= 0.3 is 13.8 Å². The number of nitrogen functional groups attached to an aromatic ring is 1. The Bertz CT molecular complexity index is 675. The zero-order valence-electron chi connectivity index (χ0n) is 17.3. The summed E-state index contributed by atoms with van der Waals surface area (Å²) in [4.78, 5) is 2.03. The number of alkyl halides is 3. The molecule has 1 rings (SSSR count). The first kappa shape index (κ1) is 25.6. The summed E-state index contributed by atoms with van der Waals surface area (Å²) in [6.45, 7) is 9.71. The van der Waals surface area contributed by atoms with E-state index in [9.17, 15) is 17.7 Å². The van der Waals surface area contributed by atoms with Gasteiger partial charge in [-0.2, -0.15) is 13.2 Å². The lowest BCUT2D eigenvalue weighted by Gasteiger charge is -2.22. The van der Waals surface area contributed by atoms with Crippen LogP contribution in [0.15, 0.2) is 12.1 Å². The number of nitrogens with two attached hydrogens (primary N) is 1. The predicted molar refractivity (Wildman–Crippen MR) is 108 cm³/mol. The Balaban J connectivity index is 3.06. The highest BCUT2D eigenvalue weighted by atomic mass is 31.2. The van der Waals surface area contributed by atoms with Crippen LogP contribution in [0.3, 0.4) is 0 Å². The molecule has 0 aliphatic rings. The summed E-state index contributed by atoms with van der Waals surface area (Å²) in [5, 5.41) is 2.77. The Morgan fingerprint density at radius 3 is 2.17 bits per heavy atom. The smallest absolute Gasteiger partial charge is 0.420 e. The van der Waals surface area contributed by atoms with Crippen LogP contribution in [0.2, 0.25) is 0 Å². The van der Waals surface area contributed by atoms with Crippen molar-refractivity contribution >= 4 is 19.0 Å². The lowest BCUT2D eigenvalue weighted by atomic mass is 10.1. The Morgan fingerprint density at radius 1 is 1.10 bits per heavy atom. The van der Waals surface area contributed by atoms with Crippen molar-refractivity contribution in [2.75, 3.05) is 56.8 Å². The van der Waals surface area contributed by atoms with Crippen LogP contribution in [0.25, 0.3) is 0 Å². The molecule has 0 aliphatic heterocycles. The van der Waals surface area contributed by atoms with Gasteiger partial charge in [-0.15, -0.1) is 0 Å². The van der Waals surface area contributed by atoms with Crippen LogP contribution in [0.5, 0.6) is 5.75 Å². The summed E-state index contributed by atoms with van der Waals surface area (Å²) >= 11 is 0. The van der Waals surface area contributed by atoms with E-state index in [0.29, 0.717) is 6.54 Å². The molecule has 11 heteroatoms. The molecule has 29 heavy (non-hydrogen) atoms. The molecule has 3 N–H and O–H groups in total. The third-order valence-electron chi connectivity index (χ3n) is 4.13. The molecule has 0 bridgehead atoms. The fourth-order valence-electron chi connectivity index (χ4n) is 2.62. The normalized spacial score (nSPS) is 12.4. The summed E-state index contributed by atoms with van der Waals surface area (Å²) in [7, 11) is -3.44. The van der Waals surface area contributed by atoms with Crippen molar-refractivity contribution in [1.82, 2.24) is 4.90 Å². The molecule has 7 nitrogen and oxygen atoms in total. The molecule has 0 spiro atoms. The predicted octanol–water partition coefficient (Wildman–Crippen LogP) is 4.64. The maximum absolute atomic E-state index is 13.4. The zero-order chi connectivity index (χ0) is 22.1. The van der Waals surface area contributed by atoms with Gasteiger partial charge in [-0.25, -0.2) is 0 Å². The monoisotopic (exact) mass is 441 g/mol. The van der Waals surface area contributed by atoms with E-state index in [2.05, 4.69) is 5.32 Å². The molecule has 0 unspecified atom stereocenters. The Morgan fingerprint density at radius 2 is 1.69 bits per heavy atom. The Hall–Kier alpha value is -1.48. The summed E-state index contributed by atoms with van der Waals surface area (Å²) in [6, 6.07) is 1.98. The summed E-state index contributed by atoms with van der Waals surface area (Å²) in [6.07, 6.45) is -4.85. The van der Waals surface area contributed by atoms with Crippen LogP contribution in [0, 0.1) is 0 Å². The van der Waals surface area contributed by atoms with Gasteiger partial charge in [-0.1, -0.05) is 13.8 Å². The van der Waals surface area contributed by atoms with E-state index < -0.39 is 19.3 Å². The quantitative estimate of drug-likeness (QED) is 0.341. The molecule has 168 valence electrons. The van der Waals surface area contributed by atoms with Crippen molar-refractivity contribution < 1.29 is 31.5 Å². The van der Waals surface area contributed by atoms with Gasteiger partial charge in [0.25, 0.3) is 0 Å². The van der Waals surface area contributed by atoms with Crippen molar-refractivity contribution in [1.29, 1.82) is 0 Å². The van der Waals surface area contributed by atoms with Crippen molar-refractivity contribution in [2.24, 2.45) is 0 Å². The first-order chi connectivity index (χ1) is 13.6. The van der Waals surface area contributed by atoms with Gasteiger partial charge in [-0.3, -0.25) is 4.57 Å². The molecule has 1 aromatic carbocycles. The zero-order valence-corrected chi connectivity index (χ0v) is 18.2. The van der Waals surface area contributed by atoms with E-state index in [1.807, 2.05) is 18.7 Å². The van der Waals surface area contributed by atoms with Crippen LogP contribution in [-0.4, -0.2) is 50.6 Å². The SMILES string of the molecule is CCOP(=O)(CNc1cc(OCCN(CC)CC)c(C(F)(F)F)cc1N)OCC. The summed E-state index contributed by atoms with van der Waals surface area (Å²) in [5.74, 6) is -0.344. The Labute approximate surface area is 170 Å². The van der Waals surface area contributed by atoms with Gasteiger partial charge in [0.2, 0.25) is 0 Å². The van der Waals surface area contributed by atoms with Gasteiger partial charge in [0.05, 0.1) is 30.2 Å². The van der Waals surface area contributed by atoms with E-state index in [1.165, 1.54) is 6.07 Å². The number of anilines is 2. The molecule has 1 aromatic rings. The van der Waals surface area contributed by atoms with Crippen LogP contribution in [0.1, 0.15) is 33.3 Å². The van der Waals surface area contributed by atoms with Crippen molar-refractivity contribution in [3.8, 4) is 5.75 Å². The number of nitrogens with one attached hydrogen (secondary N) is 1. The summed E-state index contributed by atoms with van der Waals surface area (Å²) < 4.78 is 68.5. The van der Waals surface area contributed by atoms with Gasteiger partial charge in [-0.05, 0) is 33.0 Å². The molecular weight excluding hydrogens is 410 g/mol. The number of likely N-dealkylation sites (N-methyl/N-ethyl adjacent to an activating group) is 1. The molecule has 0 amide bonds. The number of nitrogens with zero attached hydrogens (tertiary/aromatic N) is 1. The molecular formula is C18H31F3N3O4P. The van der Waals surface area contributed by atoms with Crippen LogP contribution >= 0.6 is 7.60 Å². The molecule has 0 fully saturated rings. The second-order valence-electron chi connectivity index (χ2n) is 6.09. The minimum Gasteiger partial charge on any atom is -0.492 e. The minimum absolute atomic E-state index is 0.0878. The molecule has 0 heterocycles. The van der Waals surface area contributed by atoms with Crippen molar-refractivity contribution in [2.45, 2.75) is 33.9 Å². The Kier molecular flexibility index (Phi) is 10.3. The maximum atomic E-state index is 13.4. The first-order valence-corrected chi connectivity index (χ1v) is 11.3. The van der Waals surface area contributed by atoms with Crippen molar-refractivity contribution in [3.63, 3.8) is 0 Å². The van der Waals surface area contributed by atoms with Gasteiger partial charge < -0.3 is 29.7 Å². The van der Waals surface area contributed by atoms with Gasteiger partial charge in [0.15, 0.2) is 0 Å². The number of rotatable bonds is 13. The largest absolute Gasteiger partial charge is 0.492 e. The van der Waals surface area contributed by atoms with Crippen LogP contribution in [0.4, 0.5) is 24.5 Å². The molecule has 0 atom stereocenters. The van der Waals surface area contributed by atoms with Crippen LogP contribution in [-0.2, 0) is 19.8 Å². The lowest BCUT2D eigenvalue weighted by Crippen LogP contribution is -2.28. The maximum Gasteiger partial charge on any atom is 0.420 e. The number of halogens is 3.